The topological polar surface area (TPSA) is 12.9 Å². The third-order valence-electron chi connectivity index (χ3n) is 1.86. The fourth-order valence-electron chi connectivity index (χ4n) is 1.00. The molecular weight excluding hydrogens is 142 g/mol. The lowest BCUT2D eigenvalue weighted by Crippen LogP contribution is -1.80. The lowest BCUT2D eigenvalue weighted by atomic mass is 10.4. The number of rotatable bonds is 2. The van der Waals surface area contributed by atoms with Crippen LogP contribution in [0.1, 0.15) is 36.4 Å². The van der Waals surface area contributed by atoms with Crippen molar-refractivity contribution >= 4 is 11.3 Å². The summed E-state index contributed by atoms with van der Waals surface area (Å²) >= 11 is 1.83. The van der Waals surface area contributed by atoms with Gasteiger partial charge in [0, 0.05) is 11.3 Å². The van der Waals surface area contributed by atoms with Crippen LogP contribution in [0.25, 0.3) is 0 Å². The van der Waals surface area contributed by atoms with Gasteiger partial charge in [-0.25, -0.2) is 4.98 Å². The van der Waals surface area contributed by atoms with Crippen molar-refractivity contribution in [3.63, 3.8) is 0 Å². The maximum atomic E-state index is 4.51. The minimum Gasteiger partial charge on any atom is -0.246 e. The zero-order valence-electron chi connectivity index (χ0n) is 6.13. The third-order valence-corrected chi connectivity index (χ3v) is 2.91. The molecule has 1 aliphatic rings. The standard InChI is InChI=1S/C8H11NS/c1-2-7-5-10-8(9-7)6-3-4-6/h5-6H,2-4H2,1H3. The number of aromatic nitrogens is 1. The van der Waals surface area contributed by atoms with E-state index in [0.717, 1.165) is 12.3 Å². The fraction of sp³-hybridized carbons (Fsp3) is 0.625. The Bertz CT molecular complexity index is 225. The van der Waals surface area contributed by atoms with Crippen LogP contribution in [0.2, 0.25) is 0 Å². The minimum absolute atomic E-state index is 0.838. The monoisotopic (exact) mass is 153 g/mol. The molecule has 54 valence electrons. The summed E-state index contributed by atoms with van der Waals surface area (Å²) in [6.45, 7) is 2.16. The molecule has 1 fully saturated rings. The first kappa shape index (κ1) is 6.35. The molecule has 1 heterocycles. The minimum atomic E-state index is 0.838. The Morgan fingerprint density at radius 3 is 3.00 bits per heavy atom. The van der Waals surface area contributed by atoms with E-state index < -0.39 is 0 Å². The van der Waals surface area contributed by atoms with Crippen LogP contribution >= 0.6 is 11.3 Å². The molecule has 0 spiro atoms. The van der Waals surface area contributed by atoms with E-state index in [2.05, 4.69) is 17.3 Å². The van der Waals surface area contributed by atoms with Gasteiger partial charge in [-0.05, 0) is 19.3 Å². The highest BCUT2D eigenvalue weighted by Gasteiger charge is 2.26. The molecule has 0 atom stereocenters. The average molecular weight is 153 g/mol. The summed E-state index contributed by atoms with van der Waals surface area (Å²) in [5.74, 6) is 0.838. The highest BCUT2D eigenvalue weighted by molar-refractivity contribution is 7.09. The van der Waals surface area contributed by atoms with E-state index in [1.54, 1.807) is 0 Å². The molecule has 1 nitrogen and oxygen atoms in total. The zero-order chi connectivity index (χ0) is 6.97. The van der Waals surface area contributed by atoms with E-state index in [1.807, 2.05) is 11.3 Å². The van der Waals surface area contributed by atoms with Gasteiger partial charge in [-0.3, -0.25) is 0 Å². The Hall–Kier alpha value is -0.370. The SMILES string of the molecule is CCc1csc(C2CC2)n1. The molecule has 1 saturated carbocycles. The summed E-state index contributed by atoms with van der Waals surface area (Å²) in [6, 6.07) is 0. The van der Waals surface area contributed by atoms with Crippen molar-refractivity contribution in [3.05, 3.63) is 16.1 Å². The molecule has 2 rings (SSSR count). The molecule has 0 aliphatic heterocycles. The molecule has 2 heteroatoms. The molecule has 0 unspecified atom stereocenters. The Balaban J connectivity index is 2.19. The van der Waals surface area contributed by atoms with E-state index >= 15 is 0 Å². The lowest BCUT2D eigenvalue weighted by molar-refractivity contribution is 0.997. The van der Waals surface area contributed by atoms with Crippen molar-refractivity contribution in [2.24, 2.45) is 0 Å². The number of aryl methyl sites for hydroxylation is 1. The highest BCUT2D eigenvalue weighted by Crippen LogP contribution is 2.41. The van der Waals surface area contributed by atoms with Crippen molar-refractivity contribution in [1.82, 2.24) is 4.98 Å². The Morgan fingerprint density at radius 1 is 1.70 bits per heavy atom. The summed E-state index contributed by atoms with van der Waals surface area (Å²) in [7, 11) is 0. The maximum Gasteiger partial charge on any atom is 0.0959 e. The van der Waals surface area contributed by atoms with Crippen LogP contribution in [-0.2, 0) is 6.42 Å². The van der Waals surface area contributed by atoms with E-state index in [-0.39, 0.29) is 0 Å². The number of hydrogen-bond donors (Lipinski definition) is 0. The van der Waals surface area contributed by atoms with E-state index in [1.165, 1.54) is 23.5 Å². The van der Waals surface area contributed by atoms with Crippen LogP contribution in [0.15, 0.2) is 5.38 Å². The predicted molar refractivity (Wildman–Crippen MR) is 43.5 cm³/mol. The van der Waals surface area contributed by atoms with Crippen molar-refractivity contribution in [2.45, 2.75) is 32.1 Å². The zero-order valence-corrected chi connectivity index (χ0v) is 6.95. The number of thiazole rings is 1. The van der Waals surface area contributed by atoms with Gasteiger partial charge in [-0.1, -0.05) is 6.92 Å². The second-order valence-electron chi connectivity index (χ2n) is 2.80. The third kappa shape index (κ3) is 1.08. The van der Waals surface area contributed by atoms with Crippen molar-refractivity contribution in [1.29, 1.82) is 0 Å². The van der Waals surface area contributed by atoms with Crippen LogP contribution in [0.5, 0.6) is 0 Å². The van der Waals surface area contributed by atoms with Gasteiger partial charge in [-0.15, -0.1) is 11.3 Å². The lowest BCUT2D eigenvalue weighted by Gasteiger charge is -1.85. The van der Waals surface area contributed by atoms with Gasteiger partial charge in [0.25, 0.3) is 0 Å². The molecule has 0 bridgehead atoms. The van der Waals surface area contributed by atoms with E-state index in [9.17, 15) is 0 Å². The largest absolute Gasteiger partial charge is 0.246 e. The molecule has 10 heavy (non-hydrogen) atoms. The Labute approximate surface area is 65.1 Å². The van der Waals surface area contributed by atoms with Crippen molar-refractivity contribution < 1.29 is 0 Å². The van der Waals surface area contributed by atoms with Crippen molar-refractivity contribution in [2.75, 3.05) is 0 Å². The van der Waals surface area contributed by atoms with E-state index in [4.69, 9.17) is 0 Å². The van der Waals surface area contributed by atoms with Gasteiger partial charge < -0.3 is 0 Å². The van der Waals surface area contributed by atoms with Gasteiger partial charge in [0.05, 0.1) is 10.7 Å². The van der Waals surface area contributed by atoms with E-state index in [0.29, 0.717) is 0 Å². The molecule has 0 N–H and O–H groups in total. The van der Waals surface area contributed by atoms with Gasteiger partial charge in [-0.2, -0.15) is 0 Å². The summed E-state index contributed by atoms with van der Waals surface area (Å²) in [5, 5.41) is 3.56. The summed E-state index contributed by atoms with van der Waals surface area (Å²) in [5.41, 5.74) is 1.27. The highest BCUT2D eigenvalue weighted by atomic mass is 32.1. The Morgan fingerprint density at radius 2 is 2.50 bits per heavy atom. The molecule has 0 aromatic carbocycles. The molecule has 1 aromatic heterocycles. The van der Waals surface area contributed by atoms with Gasteiger partial charge in [0.1, 0.15) is 0 Å². The van der Waals surface area contributed by atoms with Gasteiger partial charge >= 0.3 is 0 Å². The summed E-state index contributed by atoms with van der Waals surface area (Å²) < 4.78 is 0. The molecule has 0 amide bonds. The molecular formula is C8H11NS. The van der Waals surface area contributed by atoms with Gasteiger partial charge in [0.2, 0.25) is 0 Å². The van der Waals surface area contributed by atoms with Crippen LogP contribution < -0.4 is 0 Å². The molecule has 1 aromatic rings. The van der Waals surface area contributed by atoms with Crippen LogP contribution in [0, 0.1) is 0 Å². The predicted octanol–water partition coefficient (Wildman–Crippen LogP) is 2.58. The quantitative estimate of drug-likeness (QED) is 0.636. The van der Waals surface area contributed by atoms with Crippen LogP contribution in [0.4, 0.5) is 0 Å². The fourth-order valence-corrected chi connectivity index (χ4v) is 2.08. The summed E-state index contributed by atoms with van der Waals surface area (Å²) in [6.07, 6.45) is 3.83. The smallest absolute Gasteiger partial charge is 0.0959 e. The summed E-state index contributed by atoms with van der Waals surface area (Å²) in [4.78, 5) is 4.51. The first-order valence-corrected chi connectivity index (χ1v) is 4.72. The number of nitrogens with zero attached hydrogens (tertiary/aromatic N) is 1. The first-order chi connectivity index (χ1) is 4.90. The molecule has 0 saturated heterocycles. The molecule has 0 radical (unpaired) electrons. The normalized spacial score (nSPS) is 17.7. The van der Waals surface area contributed by atoms with Gasteiger partial charge in [0.15, 0.2) is 0 Å². The Kier molecular flexibility index (Phi) is 1.49. The first-order valence-electron chi connectivity index (χ1n) is 3.84. The molecule has 1 aliphatic carbocycles. The van der Waals surface area contributed by atoms with Crippen LogP contribution in [0.3, 0.4) is 0 Å². The van der Waals surface area contributed by atoms with Crippen molar-refractivity contribution in [3.8, 4) is 0 Å². The second-order valence-corrected chi connectivity index (χ2v) is 3.69. The average Bonchev–Trinajstić information content (AvgIpc) is 2.70. The maximum absolute atomic E-state index is 4.51. The number of hydrogen-bond acceptors (Lipinski definition) is 2. The second kappa shape index (κ2) is 2.35. The van der Waals surface area contributed by atoms with Crippen LogP contribution in [-0.4, -0.2) is 4.98 Å².